The maximum absolute atomic E-state index is 12.1. The number of hydrogen-bond donors (Lipinski definition) is 1. The zero-order valence-electron chi connectivity index (χ0n) is 23.6. The van der Waals surface area contributed by atoms with Gasteiger partial charge in [-0.15, -0.1) is 0 Å². The summed E-state index contributed by atoms with van der Waals surface area (Å²) in [6.07, 6.45) is 10.3. The summed E-state index contributed by atoms with van der Waals surface area (Å²) in [5.41, 5.74) is 5.71. The highest BCUT2D eigenvalue weighted by molar-refractivity contribution is 7.57. The largest absolute Gasteiger partial charge is 0.477 e. The van der Waals surface area contributed by atoms with Crippen molar-refractivity contribution in [3.8, 4) is 5.88 Å². The molecule has 0 amide bonds. The Bertz CT molecular complexity index is 1080. The highest BCUT2D eigenvalue weighted by Crippen LogP contribution is 2.50. The zero-order valence-corrected chi connectivity index (χ0v) is 24.5. The Kier molecular flexibility index (Phi) is 9.07. The Morgan fingerprint density at radius 1 is 1.14 bits per heavy atom. The first kappa shape index (κ1) is 28.2. The fraction of sp³-hybridized carbons (Fsp3) is 0.645. The van der Waals surface area contributed by atoms with Crippen molar-refractivity contribution in [2.45, 2.75) is 78.6 Å². The molecule has 2 aromatic rings. The molecule has 5 nitrogen and oxygen atoms in total. The van der Waals surface area contributed by atoms with Gasteiger partial charge in [-0.2, -0.15) is 0 Å². The molecule has 1 saturated heterocycles. The first-order valence-corrected chi connectivity index (χ1v) is 16.5. The van der Waals surface area contributed by atoms with Crippen LogP contribution in [0.3, 0.4) is 0 Å². The molecule has 0 radical (unpaired) electrons. The fourth-order valence-corrected chi connectivity index (χ4v) is 6.90. The van der Waals surface area contributed by atoms with Crippen molar-refractivity contribution in [3.05, 3.63) is 53.2 Å². The SMILES string of the molecule is Cc1ccc(CCCC(C)(C)C)c(N2CCC(COc3cc([C@@H](CP(C)(=O)O)C4CC4)ccn3)CC2)c1. The molecular weight excluding hydrogens is 479 g/mol. The summed E-state index contributed by atoms with van der Waals surface area (Å²) in [6.45, 7) is 13.4. The van der Waals surface area contributed by atoms with E-state index < -0.39 is 7.37 Å². The molecule has 1 N–H and O–H groups in total. The van der Waals surface area contributed by atoms with Gasteiger partial charge in [0.15, 0.2) is 7.37 Å². The number of piperidine rings is 1. The van der Waals surface area contributed by atoms with Crippen molar-refractivity contribution in [3.63, 3.8) is 0 Å². The third-order valence-corrected chi connectivity index (χ3v) is 9.02. The van der Waals surface area contributed by atoms with Gasteiger partial charge in [0.25, 0.3) is 0 Å². The van der Waals surface area contributed by atoms with Crippen LogP contribution in [0.2, 0.25) is 0 Å². The molecule has 0 spiro atoms. The molecule has 1 aliphatic carbocycles. The predicted molar refractivity (Wildman–Crippen MR) is 154 cm³/mol. The second kappa shape index (κ2) is 11.9. The molecule has 2 atom stereocenters. The van der Waals surface area contributed by atoms with Gasteiger partial charge in [-0.3, -0.25) is 4.57 Å². The van der Waals surface area contributed by atoms with Gasteiger partial charge in [0.05, 0.1) is 6.61 Å². The highest BCUT2D eigenvalue weighted by Gasteiger charge is 2.35. The molecule has 4 rings (SSSR count). The molecule has 1 saturated carbocycles. The Balaban J connectivity index is 1.31. The lowest BCUT2D eigenvalue weighted by Gasteiger charge is -2.35. The van der Waals surface area contributed by atoms with Crippen molar-refractivity contribution in [2.75, 3.05) is 37.4 Å². The summed E-state index contributed by atoms with van der Waals surface area (Å²) in [7, 11) is -3.07. The minimum Gasteiger partial charge on any atom is -0.477 e. The minimum atomic E-state index is -3.07. The lowest BCUT2D eigenvalue weighted by molar-refractivity contribution is 0.216. The van der Waals surface area contributed by atoms with E-state index >= 15 is 0 Å². The van der Waals surface area contributed by atoms with Gasteiger partial charge in [-0.25, -0.2) is 4.98 Å². The van der Waals surface area contributed by atoms with E-state index in [-0.39, 0.29) is 5.92 Å². The number of pyridine rings is 1. The first-order chi connectivity index (χ1) is 17.5. The predicted octanol–water partition coefficient (Wildman–Crippen LogP) is 7.45. The average Bonchev–Trinajstić information content (AvgIpc) is 3.67. The molecular formula is C31H47N2O3P. The second-order valence-corrected chi connectivity index (χ2v) is 15.4. The van der Waals surface area contributed by atoms with Crippen molar-refractivity contribution in [1.29, 1.82) is 0 Å². The van der Waals surface area contributed by atoms with E-state index in [0.29, 0.717) is 35.9 Å². The summed E-state index contributed by atoms with van der Waals surface area (Å²) in [5.74, 6) is 1.80. The maximum Gasteiger partial charge on any atom is 0.213 e. The van der Waals surface area contributed by atoms with Crippen LogP contribution in [0.15, 0.2) is 36.5 Å². The minimum absolute atomic E-state index is 0.126. The molecule has 1 unspecified atom stereocenters. The van der Waals surface area contributed by atoms with E-state index in [1.54, 1.807) is 6.20 Å². The average molecular weight is 527 g/mol. The smallest absolute Gasteiger partial charge is 0.213 e. The first-order valence-electron chi connectivity index (χ1n) is 14.2. The molecule has 204 valence electrons. The van der Waals surface area contributed by atoms with Gasteiger partial charge >= 0.3 is 0 Å². The van der Waals surface area contributed by atoms with Gasteiger partial charge in [0.1, 0.15) is 0 Å². The van der Waals surface area contributed by atoms with Gasteiger partial charge in [0, 0.05) is 43.9 Å². The topological polar surface area (TPSA) is 62.7 Å². The van der Waals surface area contributed by atoms with Crippen LogP contribution in [-0.4, -0.2) is 42.4 Å². The van der Waals surface area contributed by atoms with Crippen LogP contribution in [0, 0.1) is 24.2 Å². The number of aromatic nitrogens is 1. The third kappa shape index (κ3) is 8.86. The van der Waals surface area contributed by atoms with Crippen LogP contribution in [-0.2, 0) is 11.0 Å². The summed E-state index contributed by atoms with van der Waals surface area (Å²) in [4.78, 5) is 17.0. The lowest BCUT2D eigenvalue weighted by Crippen LogP contribution is -2.36. The third-order valence-electron chi connectivity index (χ3n) is 7.95. The van der Waals surface area contributed by atoms with Crippen LogP contribution in [0.4, 0.5) is 5.69 Å². The molecule has 1 aromatic carbocycles. The number of rotatable bonds is 11. The van der Waals surface area contributed by atoms with Crippen molar-refractivity contribution >= 4 is 13.1 Å². The van der Waals surface area contributed by atoms with Gasteiger partial charge < -0.3 is 14.5 Å². The van der Waals surface area contributed by atoms with E-state index in [4.69, 9.17) is 4.74 Å². The van der Waals surface area contributed by atoms with Crippen LogP contribution in [0.25, 0.3) is 0 Å². The molecule has 2 heterocycles. The van der Waals surface area contributed by atoms with Crippen LogP contribution in [0.1, 0.15) is 81.9 Å². The van der Waals surface area contributed by atoms with E-state index in [2.05, 4.69) is 55.8 Å². The Hall–Kier alpha value is -1.84. The Labute approximate surface area is 224 Å². The van der Waals surface area contributed by atoms with E-state index in [9.17, 15) is 9.46 Å². The van der Waals surface area contributed by atoms with Crippen molar-refractivity contribution in [2.24, 2.45) is 17.3 Å². The highest BCUT2D eigenvalue weighted by atomic mass is 31.2. The number of aryl methyl sites for hydroxylation is 2. The molecule has 2 aliphatic rings. The van der Waals surface area contributed by atoms with Gasteiger partial charge in [-0.1, -0.05) is 32.9 Å². The second-order valence-electron chi connectivity index (χ2n) is 12.9. The maximum atomic E-state index is 12.1. The number of hydrogen-bond acceptors (Lipinski definition) is 4. The number of nitrogens with zero attached hydrogens (tertiary/aromatic N) is 2. The summed E-state index contributed by atoms with van der Waals surface area (Å²) in [6, 6.07) is 11.0. The molecule has 37 heavy (non-hydrogen) atoms. The van der Waals surface area contributed by atoms with E-state index in [1.807, 2.05) is 12.1 Å². The standard InChI is InChI=1S/C31H47N2O3P/c1-23-8-9-26(7-6-15-31(2,3)4)29(19-23)33-17-13-24(14-18-33)21-36-30-20-27(12-16-32-30)28(25-10-11-25)22-37(5,34)35/h8-9,12,16,19-20,24-25,28H,6-7,10-11,13-15,17-18,21-22H2,1-5H3,(H,34,35)/t28-/m0/s1. The molecule has 1 aromatic heterocycles. The molecule has 2 fully saturated rings. The number of ether oxygens (including phenoxy) is 1. The van der Waals surface area contributed by atoms with Crippen LogP contribution >= 0.6 is 7.37 Å². The van der Waals surface area contributed by atoms with E-state index in [0.717, 1.165) is 50.8 Å². The van der Waals surface area contributed by atoms with Gasteiger partial charge in [-0.05, 0) is 104 Å². The Morgan fingerprint density at radius 2 is 1.86 bits per heavy atom. The molecule has 1 aliphatic heterocycles. The molecule has 6 heteroatoms. The molecule has 0 bridgehead atoms. The number of anilines is 1. The zero-order chi connectivity index (χ0) is 26.6. The lowest BCUT2D eigenvalue weighted by atomic mass is 9.88. The van der Waals surface area contributed by atoms with Crippen molar-refractivity contribution in [1.82, 2.24) is 4.98 Å². The summed E-state index contributed by atoms with van der Waals surface area (Å²) < 4.78 is 18.3. The number of benzene rings is 1. The Morgan fingerprint density at radius 3 is 2.51 bits per heavy atom. The van der Waals surface area contributed by atoms with E-state index in [1.165, 1.54) is 36.3 Å². The monoisotopic (exact) mass is 526 g/mol. The van der Waals surface area contributed by atoms with Crippen LogP contribution in [0.5, 0.6) is 5.88 Å². The summed E-state index contributed by atoms with van der Waals surface area (Å²) >= 11 is 0. The normalized spacial score (nSPS) is 19.5. The summed E-state index contributed by atoms with van der Waals surface area (Å²) in [5, 5.41) is 0. The fourth-order valence-electron chi connectivity index (χ4n) is 5.66. The quantitative estimate of drug-likeness (QED) is 0.308. The van der Waals surface area contributed by atoms with Gasteiger partial charge in [0.2, 0.25) is 5.88 Å². The van der Waals surface area contributed by atoms with Crippen LogP contribution < -0.4 is 9.64 Å². The van der Waals surface area contributed by atoms with Crippen molar-refractivity contribution < 1.29 is 14.2 Å².